The highest BCUT2D eigenvalue weighted by Crippen LogP contribution is 2.56. The maximum absolute atomic E-state index is 12.0. The monoisotopic (exact) mass is 260 g/mol. The van der Waals surface area contributed by atoms with E-state index in [0.29, 0.717) is 0 Å². The molecule has 15 heavy (non-hydrogen) atoms. The van der Waals surface area contributed by atoms with Crippen molar-refractivity contribution in [3.63, 3.8) is 0 Å². The molecule has 92 valence electrons. The highest BCUT2D eigenvalue weighted by molar-refractivity contribution is 7.57. The predicted octanol–water partition coefficient (Wildman–Crippen LogP) is 1.82. The van der Waals surface area contributed by atoms with Gasteiger partial charge in [0, 0.05) is 0 Å². The summed E-state index contributed by atoms with van der Waals surface area (Å²) in [4.78, 5) is 17.5. The van der Waals surface area contributed by atoms with Crippen LogP contribution >= 0.6 is 15.2 Å². The molecule has 0 aromatic rings. The Bertz CT molecular complexity index is 263. The van der Waals surface area contributed by atoms with Crippen LogP contribution in [0.1, 0.15) is 20.8 Å². The van der Waals surface area contributed by atoms with Crippen molar-refractivity contribution in [2.45, 2.75) is 26.4 Å². The first-order chi connectivity index (χ1) is 6.75. The highest BCUT2D eigenvalue weighted by atomic mass is 31.2. The average Bonchev–Trinajstić information content (AvgIpc) is 2.01. The van der Waals surface area contributed by atoms with Crippen molar-refractivity contribution in [2.24, 2.45) is 0 Å². The Morgan fingerprint density at radius 3 is 1.80 bits per heavy atom. The fourth-order valence-corrected chi connectivity index (χ4v) is 4.53. The van der Waals surface area contributed by atoms with Gasteiger partial charge in [0.15, 0.2) is 0 Å². The summed E-state index contributed by atoms with van der Waals surface area (Å²) in [5.74, 6) is 0. The highest BCUT2D eigenvalue weighted by Gasteiger charge is 2.36. The fourth-order valence-electron chi connectivity index (χ4n) is 1.10. The van der Waals surface area contributed by atoms with Crippen LogP contribution in [0.25, 0.3) is 0 Å². The normalized spacial score (nSPS) is 15.3. The van der Waals surface area contributed by atoms with Gasteiger partial charge in [0.25, 0.3) is 0 Å². The topological polar surface area (TPSA) is 93.1 Å². The van der Waals surface area contributed by atoms with Crippen molar-refractivity contribution in [2.75, 3.05) is 19.4 Å². The first-order valence-electron chi connectivity index (χ1n) is 4.68. The third-order valence-electron chi connectivity index (χ3n) is 1.66. The van der Waals surface area contributed by atoms with E-state index in [0.717, 1.165) is 0 Å². The summed E-state index contributed by atoms with van der Waals surface area (Å²) in [6.07, 6.45) is -0.496. The molecule has 6 nitrogen and oxygen atoms in total. The minimum Gasteiger partial charge on any atom is -0.324 e. The molecule has 0 aliphatic heterocycles. The van der Waals surface area contributed by atoms with E-state index < -0.39 is 27.0 Å². The van der Waals surface area contributed by atoms with Gasteiger partial charge >= 0.3 is 15.2 Å². The van der Waals surface area contributed by atoms with Gasteiger partial charge in [-0.3, -0.25) is 9.13 Å². The zero-order valence-corrected chi connectivity index (χ0v) is 10.9. The molecule has 0 amide bonds. The number of hydrogen-bond donors (Lipinski definition) is 2. The van der Waals surface area contributed by atoms with Crippen molar-refractivity contribution < 1.29 is 28.0 Å². The van der Waals surface area contributed by atoms with E-state index in [1.807, 2.05) is 0 Å². The van der Waals surface area contributed by atoms with E-state index in [-0.39, 0.29) is 13.2 Å². The molecule has 0 aromatic carbocycles. The molecule has 0 rings (SSSR count). The molecule has 1 atom stereocenters. The van der Waals surface area contributed by atoms with Crippen LogP contribution in [0.15, 0.2) is 0 Å². The van der Waals surface area contributed by atoms with Gasteiger partial charge in [-0.2, -0.15) is 0 Å². The van der Waals surface area contributed by atoms with E-state index in [2.05, 4.69) is 0 Å². The minimum absolute atomic E-state index is 0.183. The summed E-state index contributed by atoms with van der Waals surface area (Å²) in [6.45, 7) is 5.11. The molecular formula is C7H18O6P2. The van der Waals surface area contributed by atoms with Crippen molar-refractivity contribution in [3.05, 3.63) is 0 Å². The lowest BCUT2D eigenvalue weighted by molar-refractivity contribution is 0.214. The zero-order valence-electron chi connectivity index (χ0n) is 9.12. The Morgan fingerprint density at radius 1 is 1.13 bits per heavy atom. The molecule has 0 aliphatic carbocycles. The summed E-state index contributed by atoms with van der Waals surface area (Å²) >= 11 is 0. The first kappa shape index (κ1) is 15.3. The molecule has 0 bridgehead atoms. The maximum Gasteiger partial charge on any atom is 0.334 e. The summed E-state index contributed by atoms with van der Waals surface area (Å²) in [5.41, 5.74) is -0.807. The second-order valence-electron chi connectivity index (χ2n) is 3.07. The van der Waals surface area contributed by atoms with Gasteiger partial charge in [0.1, 0.15) is 0 Å². The van der Waals surface area contributed by atoms with Crippen molar-refractivity contribution in [3.8, 4) is 0 Å². The molecule has 1 unspecified atom stereocenters. The van der Waals surface area contributed by atoms with Crippen LogP contribution in [-0.2, 0) is 18.2 Å². The maximum atomic E-state index is 12.0. The molecule has 0 fully saturated rings. The van der Waals surface area contributed by atoms with Crippen LogP contribution in [0.2, 0.25) is 0 Å². The van der Waals surface area contributed by atoms with E-state index >= 15 is 0 Å². The molecule has 0 radical (unpaired) electrons. The average molecular weight is 260 g/mol. The molecule has 8 heteroatoms. The number of hydrogen-bond acceptors (Lipinski definition) is 4. The summed E-state index contributed by atoms with van der Waals surface area (Å²) in [5, 5.41) is 0. The van der Waals surface area contributed by atoms with Crippen LogP contribution < -0.4 is 0 Å². The van der Waals surface area contributed by atoms with Crippen molar-refractivity contribution in [1.82, 2.24) is 0 Å². The lowest BCUT2D eigenvalue weighted by Gasteiger charge is -2.23. The van der Waals surface area contributed by atoms with Crippen LogP contribution in [0.5, 0.6) is 0 Å². The molecule has 0 heterocycles. The second-order valence-corrected chi connectivity index (χ2v) is 7.24. The Morgan fingerprint density at radius 2 is 1.53 bits per heavy atom. The van der Waals surface area contributed by atoms with E-state index in [4.69, 9.17) is 18.8 Å². The third-order valence-corrected chi connectivity index (χ3v) is 5.47. The molecule has 0 saturated carbocycles. The summed E-state index contributed by atoms with van der Waals surface area (Å²) in [6, 6.07) is 0. The summed E-state index contributed by atoms with van der Waals surface area (Å²) < 4.78 is 32.7. The smallest absolute Gasteiger partial charge is 0.324 e. The van der Waals surface area contributed by atoms with E-state index in [1.54, 1.807) is 13.8 Å². The van der Waals surface area contributed by atoms with E-state index in [1.165, 1.54) is 6.92 Å². The zero-order chi connectivity index (χ0) is 12.1. The van der Waals surface area contributed by atoms with Crippen LogP contribution in [0.4, 0.5) is 0 Å². The molecular weight excluding hydrogens is 242 g/mol. The Hall–Kier alpha value is 0.300. The standard InChI is InChI=1S/C7H18O6P2/c1-4-12-15(11,13-5-2)7(3)6-14(8,9)10/h7H,4-6H2,1-3H3,(H2,8,9,10). The molecule has 0 saturated heterocycles. The molecule has 0 aromatic heterocycles. The molecule has 2 N–H and O–H groups in total. The first-order valence-corrected chi connectivity index (χ1v) is 8.09. The number of rotatable bonds is 7. The second kappa shape index (κ2) is 6.14. The lowest BCUT2D eigenvalue weighted by Crippen LogP contribution is -2.14. The van der Waals surface area contributed by atoms with Gasteiger partial charge in [-0.05, 0) is 13.8 Å². The van der Waals surface area contributed by atoms with Gasteiger partial charge in [-0.15, -0.1) is 0 Å². The predicted molar refractivity (Wildman–Crippen MR) is 57.2 cm³/mol. The van der Waals surface area contributed by atoms with Crippen LogP contribution in [0, 0.1) is 0 Å². The van der Waals surface area contributed by atoms with Gasteiger partial charge < -0.3 is 18.8 Å². The lowest BCUT2D eigenvalue weighted by atomic mass is 10.6. The van der Waals surface area contributed by atoms with E-state index in [9.17, 15) is 9.13 Å². The van der Waals surface area contributed by atoms with Gasteiger partial charge in [-0.25, -0.2) is 0 Å². The molecule has 0 spiro atoms. The fraction of sp³-hybridized carbons (Fsp3) is 1.00. The SMILES string of the molecule is CCOP(=O)(OCC)C(C)CP(=O)(O)O. The van der Waals surface area contributed by atoms with Crippen molar-refractivity contribution >= 4 is 15.2 Å². The van der Waals surface area contributed by atoms with Gasteiger partial charge in [-0.1, -0.05) is 6.92 Å². The Balaban J connectivity index is 4.62. The van der Waals surface area contributed by atoms with Crippen molar-refractivity contribution in [1.29, 1.82) is 0 Å². The van der Waals surface area contributed by atoms with Gasteiger partial charge in [0.05, 0.1) is 25.0 Å². The summed E-state index contributed by atoms with van der Waals surface area (Å²) in [7, 11) is -7.60. The van der Waals surface area contributed by atoms with Crippen LogP contribution in [-0.4, -0.2) is 34.8 Å². The molecule has 0 aliphatic rings. The minimum atomic E-state index is -4.20. The largest absolute Gasteiger partial charge is 0.334 e. The van der Waals surface area contributed by atoms with Gasteiger partial charge in [0.2, 0.25) is 0 Å². The Kier molecular flexibility index (Phi) is 6.26. The third kappa shape index (κ3) is 5.81. The quantitative estimate of drug-likeness (QED) is 0.678. The Labute approximate surface area is 89.7 Å². The van der Waals surface area contributed by atoms with Crippen LogP contribution in [0.3, 0.4) is 0 Å².